The van der Waals surface area contributed by atoms with Crippen molar-refractivity contribution < 1.29 is 49.3 Å². The number of carbonyl (C=O) groups is 2. The van der Waals surface area contributed by atoms with Crippen LogP contribution in [0.15, 0.2) is 36.5 Å². The van der Waals surface area contributed by atoms with Crippen molar-refractivity contribution in [3.63, 3.8) is 0 Å². The van der Waals surface area contributed by atoms with E-state index in [1.807, 2.05) is 6.08 Å². The highest BCUT2D eigenvalue weighted by molar-refractivity contribution is 5.76. The number of hydrogen-bond acceptors (Lipinski definition) is 10. The summed E-state index contributed by atoms with van der Waals surface area (Å²) in [5, 5.41) is 54.1. The van der Waals surface area contributed by atoms with Crippen LogP contribution in [0.1, 0.15) is 232 Å². The van der Waals surface area contributed by atoms with Gasteiger partial charge in [0.2, 0.25) is 5.91 Å². The van der Waals surface area contributed by atoms with Crippen molar-refractivity contribution in [2.24, 2.45) is 0 Å². The predicted octanol–water partition coefficient (Wildman–Crippen LogP) is 11.2. The van der Waals surface area contributed by atoms with Crippen molar-refractivity contribution in [3.8, 4) is 0 Å². The zero-order valence-corrected chi connectivity index (χ0v) is 41.4. The van der Waals surface area contributed by atoms with Crippen molar-refractivity contribution in [1.82, 2.24) is 5.32 Å². The van der Waals surface area contributed by atoms with Crippen LogP contribution in [0.25, 0.3) is 0 Å². The second-order valence-electron chi connectivity index (χ2n) is 18.6. The largest absolute Gasteiger partial charge is 0.466 e. The van der Waals surface area contributed by atoms with Gasteiger partial charge in [-0.15, -0.1) is 0 Å². The maximum atomic E-state index is 12.9. The molecule has 1 heterocycles. The molecular weight excluding hydrogens is 823 g/mol. The summed E-state index contributed by atoms with van der Waals surface area (Å²) >= 11 is 0. The number of aliphatic hydroxyl groups is 5. The smallest absolute Gasteiger partial charge is 0.305 e. The molecule has 11 nitrogen and oxygen atoms in total. The van der Waals surface area contributed by atoms with Crippen molar-refractivity contribution in [3.05, 3.63) is 36.5 Å². The van der Waals surface area contributed by atoms with Crippen LogP contribution in [0.5, 0.6) is 0 Å². The Kier molecular flexibility index (Phi) is 41.6. The van der Waals surface area contributed by atoms with Crippen LogP contribution in [-0.2, 0) is 23.8 Å². The molecule has 65 heavy (non-hydrogen) atoms. The summed E-state index contributed by atoms with van der Waals surface area (Å²) in [6.07, 6.45) is 42.4. The normalized spacial score (nSPS) is 20.0. The number of hydrogen-bond donors (Lipinski definition) is 6. The van der Waals surface area contributed by atoms with E-state index in [1.165, 1.54) is 116 Å². The van der Waals surface area contributed by atoms with Gasteiger partial charge in [0.05, 0.1) is 32.0 Å². The Bertz CT molecular complexity index is 1180. The third-order valence-corrected chi connectivity index (χ3v) is 12.5. The van der Waals surface area contributed by atoms with Gasteiger partial charge in [0, 0.05) is 12.8 Å². The Hall–Kier alpha value is -2.12. The highest BCUT2D eigenvalue weighted by Crippen LogP contribution is 2.23. The molecule has 1 aliphatic rings. The summed E-state index contributed by atoms with van der Waals surface area (Å²) in [6, 6.07) is -0.830. The molecule has 1 amide bonds. The highest BCUT2D eigenvalue weighted by atomic mass is 16.7. The molecule has 0 aliphatic carbocycles. The molecule has 0 saturated carbocycles. The van der Waals surface area contributed by atoms with Gasteiger partial charge in [0.25, 0.3) is 0 Å². The predicted molar refractivity (Wildman–Crippen MR) is 264 cm³/mol. The fraction of sp³-hybridized carbons (Fsp3) is 0.852. The first-order valence-electron chi connectivity index (χ1n) is 26.8. The standard InChI is InChI=1S/C54H99NO10/c1-3-5-7-9-11-13-14-15-16-17-18-19-22-26-30-34-38-42-50(59)63-43-39-35-31-27-23-20-21-25-29-33-37-41-49(58)55-46(47(57)40-36-32-28-24-12-10-8-6-4-2)45-64-54-53(62)52(61)51(60)48(44-56)65-54/h15-16,23,27,36,40,46-48,51-54,56-57,60-62H,3-14,17-22,24-26,28-35,37-39,41-45H2,1-2H3,(H,55,58)/b16-15-,27-23-,40-36+. The number of allylic oxidation sites excluding steroid dienone is 5. The molecule has 1 aliphatic heterocycles. The molecular formula is C54H99NO10. The molecule has 6 N–H and O–H groups in total. The summed E-state index contributed by atoms with van der Waals surface area (Å²) in [4.78, 5) is 25.0. The first kappa shape index (κ1) is 60.9. The number of nitrogens with one attached hydrogen (secondary N) is 1. The maximum Gasteiger partial charge on any atom is 0.305 e. The molecule has 0 bridgehead atoms. The van der Waals surface area contributed by atoms with Crippen LogP contribution in [0.3, 0.4) is 0 Å². The monoisotopic (exact) mass is 922 g/mol. The number of ether oxygens (including phenoxy) is 3. The van der Waals surface area contributed by atoms with Gasteiger partial charge in [-0.3, -0.25) is 9.59 Å². The van der Waals surface area contributed by atoms with Gasteiger partial charge in [-0.2, -0.15) is 0 Å². The van der Waals surface area contributed by atoms with Gasteiger partial charge in [0.1, 0.15) is 24.4 Å². The average molecular weight is 922 g/mol. The number of aliphatic hydroxyl groups excluding tert-OH is 5. The Morgan fingerprint density at radius 2 is 0.985 bits per heavy atom. The quantitative estimate of drug-likeness (QED) is 0.0196. The zero-order chi connectivity index (χ0) is 47.4. The van der Waals surface area contributed by atoms with E-state index in [9.17, 15) is 35.1 Å². The Labute approximate surface area is 396 Å². The van der Waals surface area contributed by atoms with Crippen molar-refractivity contribution in [2.75, 3.05) is 19.8 Å². The first-order valence-corrected chi connectivity index (χ1v) is 26.8. The van der Waals surface area contributed by atoms with E-state index in [-0.39, 0.29) is 18.5 Å². The van der Waals surface area contributed by atoms with Crippen molar-refractivity contribution in [1.29, 1.82) is 0 Å². The number of rotatable bonds is 45. The summed E-state index contributed by atoms with van der Waals surface area (Å²) in [5.74, 6) is -0.276. The molecule has 0 aromatic heterocycles. The molecule has 0 spiro atoms. The maximum absolute atomic E-state index is 12.9. The van der Waals surface area contributed by atoms with E-state index in [1.54, 1.807) is 6.08 Å². The third kappa shape index (κ3) is 34.8. The average Bonchev–Trinajstić information content (AvgIpc) is 3.30. The molecule has 7 unspecified atom stereocenters. The van der Waals surface area contributed by atoms with E-state index in [2.05, 4.69) is 43.5 Å². The molecule has 1 fully saturated rings. The van der Waals surface area contributed by atoms with Gasteiger partial charge in [-0.1, -0.05) is 172 Å². The molecule has 1 saturated heterocycles. The van der Waals surface area contributed by atoms with Gasteiger partial charge in [-0.05, 0) is 83.5 Å². The second kappa shape index (κ2) is 44.4. The summed E-state index contributed by atoms with van der Waals surface area (Å²) in [6.45, 7) is 4.19. The second-order valence-corrected chi connectivity index (χ2v) is 18.6. The molecule has 0 aromatic rings. The molecule has 7 atom stereocenters. The van der Waals surface area contributed by atoms with Crippen LogP contribution in [0, 0.1) is 0 Å². The Morgan fingerprint density at radius 1 is 0.554 bits per heavy atom. The van der Waals surface area contributed by atoms with Gasteiger partial charge >= 0.3 is 5.97 Å². The van der Waals surface area contributed by atoms with Crippen LogP contribution in [0.4, 0.5) is 0 Å². The molecule has 380 valence electrons. The first-order chi connectivity index (χ1) is 31.7. The lowest BCUT2D eigenvalue weighted by atomic mass is 9.99. The molecule has 11 heteroatoms. The minimum atomic E-state index is -1.58. The molecule has 0 aromatic carbocycles. The van der Waals surface area contributed by atoms with Crippen LogP contribution < -0.4 is 5.32 Å². The van der Waals surface area contributed by atoms with E-state index >= 15 is 0 Å². The lowest BCUT2D eigenvalue weighted by Crippen LogP contribution is -2.60. The fourth-order valence-electron chi connectivity index (χ4n) is 8.13. The van der Waals surface area contributed by atoms with Gasteiger partial charge in [0.15, 0.2) is 6.29 Å². The van der Waals surface area contributed by atoms with Crippen molar-refractivity contribution >= 4 is 11.9 Å². The number of carbonyl (C=O) groups excluding carboxylic acids is 2. The lowest BCUT2D eigenvalue weighted by molar-refractivity contribution is -0.302. The van der Waals surface area contributed by atoms with Gasteiger partial charge in [-0.25, -0.2) is 0 Å². The number of unbranched alkanes of at least 4 members (excludes halogenated alkanes) is 27. The zero-order valence-electron chi connectivity index (χ0n) is 41.4. The minimum Gasteiger partial charge on any atom is -0.466 e. The summed E-state index contributed by atoms with van der Waals surface area (Å²) in [5.41, 5.74) is 0. The Morgan fingerprint density at radius 3 is 1.48 bits per heavy atom. The SMILES string of the molecule is CCCCCCCC/C=C\CCCCCCCCCC(=O)OCCCC/C=C\CCCCCCCC(=O)NC(COC1OC(CO)C(O)C(O)C1O)C(O)/C=C/CCCCCCCCC. The van der Waals surface area contributed by atoms with E-state index in [0.717, 1.165) is 83.5 Å². The highest BCUT2D eigenvalue weighted by Gasteiger charge is 2.44. The fourth-order valence-corrected chi connectivity index (χ4v) is 8.13. The number of amides is 1. The van der Waals surface area contributed by atoms with E-state index in [4.69, 9.17) is 14.2 Å². The van der Waals surface area contributed by atoms with Gasteiger partial charge < -0.3 is 45.1 Å². The lowest BCUT2D eigenvalue weighted by Gasteiger charge is -2.40. The third-order valence-electron chi connectivity index (χ3n) is 12.5. The molecule has 1 rings (SSSR count). The minimum absolute atomic E-state index is 0.0614. The topological polar surface area (TPSA) is 175 Å². The van der Waals surface area contributed by atoms with Crippen LogP contribution in [-0.4, -0.2) is 100 Å². The van der Waals surface area contributed by atoms with Crippen LogP contribution >= 0.6 is 0 Å². The van der Waals surface area contributed by atoms with E-state index in [0.29, 0.717) is 25.9 Å². The Balaban J connectivity index is 2.13. The molecule has 0 radical (unpaired) electrons. The summed E-state index contributed by atoms with van der Waals surface area (Å²) < 4.78 is 16.6. The number of esters is 1. The summed E-state index contributed by atoms with van der Waals surface area (Å²) in [7, 11) is 0. The van der Waals surface area contributed by atoms with E-state index < -0.39 is 49.5 Å². The van der Waals surface area contributed by atoms with Crippen molar-refractivity contribution in [2.45, 2.75) is 275 Å². The van der Waals surface area contributed by atoms with Crippen LogP contribution in [0.2, 0.25) is 0 Å².